The Morgan fingerprint density at radius 1 is 0.967 bits per heavy atom. The number of aliphatic imine (C=N–C) groups is 1. The molecular formula is C23H19Cl3N2O2. The number of hydrogen-bond acceptors (Lipinski definition) is 3. The van der Waals surface area contributed by atoms with E-state index in [4.69, 9.17) is 39.5 Å². The quantitative estimate of drug-likeness (QED) is 0.400. The highest BCUT2D eigenvalue weighted by atomic mass is 35.5. The minimum Gasteiger partial charge on any atom is -0.481 e. The van der Waals surface area contributed by atoms with Crippen molar-refractivity contribution in [2.45, 2.75) is 13.8 Å². The molecule has 0 saturated heterocycles. The van der Waals surface area contributed by atoms with Gasteiger partial charge in [0.15, 0.2) is 12.4 Å². The summed E-state index contributed by atoms with van der Waals surface area (Å²) in [6.07, 6.45) is 1.67. The van der Waals surface area contributed by atoms with Crippen molar-refractivity contribution in [2.75, 3.05) is 11.9 Å². The molecule has 7 heteroatoms. The minimum atomic E-state index is -0.355. The van der Waals surface area contributed by atoms with Gasteiger partial charge in [0.1, 0.15) is 0 Å². The predicted molar refractivity (Wildman–Crippen MR) is 125 cm³/mol. The Bertz CT molecular complexity index is 1070. The summed E-state index contributed by atoms with van der Waals surface area (Å²) in [6, 6.07) is 16.4. The third-order valence-electron chi connectivity index (χ3n) is 4.22. The molecule has 0 radical (unpaired) electrons. The van der Waals surface area contributed by atoms with Gasteiger partial charge in [-0.3, -0.25) is 9.79 Å². The van der Waals surface area contributed by atoms with Crippen LogP contribution in [0, 0.1) is 13.8 Å². The molecule has 4 nitrogen and oxygen atoms in total. The van der Waals surface area contributed by atoms with Crippen LogP contribution in [0.1, 0.15) is 16.7 Å². The van der Waals surface area contributed by atoms with Crippen LogP contribution in [0.25, 0.3) is 0 Å². The van der Waals surface area contributed by atoms with Crippen LogP contribution in [0.2, 0.25) is 15.1 Å². The number of anilines is 1. The van der Waals surface area contributed by atoms with Crippen LogP contribution in [-0.4, -0.2) is 18.7 Å². The van der Waals surface area contributed by atoms with Crippen molar-refractivity contribution in [1.29, 1.82) is 0 Å². The third-order valence-corrected chi connectivity index (χ3v) is 5.19. The van der Waals surface area contributed by atoms with E-state index < -0.39 is 0 Å². The van der Waals surface area contributed by atoms with Gasteiger partial charge in [-0.2, -0.15) is 0 Å². The monoisotopic (exact) mass is 460 g/mol. The molecule has 0 atom stereocenters. The predicted octanol–water partition coefficient (Wildman–Crippen LogP) is 7.03. The second-order valence-corrected chi connectivity index (χ2v) is 7.93. The summed E-state index contributed by atoms with van der Waals surface area (Å²) < 4.78 is 5.53. The number of benzene rings is 3. The van der Waals surface area contributed by atoms with E-state index in [2.05, 4.69) is 10.3 Å². The molecule has 154 valence electrons. The number of rotatable bonds is 6. The van der Waals surface area contributed by atoms with E-state index in [-0.39, 0.29) is 18.3 Å². The third kappa shape index (κ3) is 5.99. The molecule has 3 rings (SSSR count). The van der Waals surface area contributed by atoms with E-state index in [0.717, 1.165) is 22.4 Å². The topological polar surface area (TPSA) is 50.7 Å². The summed E-state index contributed by atoms with van der Waals surface area (Å²) in [5.74, 6) is -0.116. The Morgan fingerprint density at radius 2 is 1.63 bits per heavy atom. The van der Waals surface area contributed by atoms with E-state index in [1.165, 1.54) is 0 Å². The van der Waals surface area contributed by atoms with Crippen LogP contribution in [-0.2, 0) is 4.79 Å². The average molecular weight is 462 g/mol. The SMILES string of the molecule is Cc1ccc(N=Cc2cc(Cl)c(OCC(=O)Nc3ccc(C)c(Cl)c3)c(Cl)c2)cc1. The highest BCUT2D eigenvalue weighted by Crippen LogP contribution is 2.34. The number of nitrogens with one attached hydrogen (secondary N) is 1. The number of carbonyl (C=O) groups excluding carboxylic acids is 1. The molecular weight excluding hydrogens is 443 g/mol. The molecule has 1 amide bonds. The molecule has 0 bridgehead atoms. The molecule has 0 fully saturated rings. The van der Waals surface area contributed by atoms with Gasteiger partial charge >= 0.3 is 0 Å². The fourth-order valence-corrected chi connectivity index (χ4v) is 3.37. The van der Waals surface area contributed by atoms with Gasteiger partial charge in [0.2, 0.25) is 0 Å². The van der Waals surface area contributed by atoms with Crippen LogP contribution < -0.4 is 10.1 Å². The summed E-state index contributed by atoms with van der Waals surface area (Å²) in [5, 5.41) is 3.87. The lowest BCUT2D eigenvalue weighted by molar-refractivity contribution is -0.118. The van der Waals surface area contributed by atoms with Crippen molar-refractivity contribution in [3.8, 4) is 5.75 Å². The lowest BCUT2D eigenvalue weighted by Crippen LogP contribution is -2.20. The van der Waals surface area contributed by atoms with Crippen molar-refractivity contribution in [1.82, 2.24) is 0 Å². The molecule has 0 aromatic heterocycles. The maximum atomic E-state index is 12.2. The standard InChI is InChI=1S/C23H19Cl3N2O2/c1-14-3-6-17(7-4-14)27-12-16-9-20(25)23(21(26)10-16)30-13-22(29)28-18-8-5-15(2)19(24)11-18/h3-12H,13H2,1-2H3,(H,28,29). The van der Waals surface area contributed by atoms with Gasteiger partial charge < -0.3 is 10.1 Å². The number of carbonyl (C=O) groups is 1. The summed E-state index contributed by atoms with van der Waals surface area (Å²) in [5.41, 5.74) is 4.21. The number of halogens is 3. The molecule has 0 saturated carbocycles. The molecule has 1 N–H and O–H groups in total. The van der Waals surface area contributed by atoms with Crippen molar-refractivity contribution in [3.05, 3.63) is 86.4 Å². The second kappa shape index (κ2) is 9.98. The Balaban J connectivity index is 1.64. The van der Waals surface area contributed by atoms with Crippen molar-refractivity contribution in [3.63, 3.8) is 0 Å². The highest BCUT2D eigenvalue weighted by molar-refractivity contribution is 6.37. The lowest BCUT2D eigenvalue weighted by atomic mass is 10.2. The van der Waals surface area contributed by atoms with Gasteiger partial charge in [0, 0.05) is 16.9 Å². The molecule has 30 heavy (non-hydrogen) atoms. The first kappa shape index (κ1) is 22.2. The van der Waals surface area contributed by atoms with Gasteiger partial charge in [0.25, 0.3) is 5.91 Å². The summed E-state index contributed by atoms with van der Waals surface area (Å²) in [7, 11) is 0. The fourth-order valence-electron chi connectivity index (χ4n) is 2.58. The zero-order valence-electron chi connectivity index (χ0n) is 16.4. The first-order valence-corrected chi connectivity index (χ1v) is 10.2. The van der Waals surface area contributed by atoms with Crippen molar-refractivity contribution < 1.29 is 9.53 Å². The van der Waals surface area contributed by atoms with Crippen LogP contribution in [0.5, 0.6) is 5.75 Å². The maximum absolute atomic E-state index is 12.2. The van der Waals surface area contributed by atoms with Gasteiger partial charge in [-0.25, -0.2) is 0 Å². The zero-order valence-corrected chi connectivity index (χ0v) is 18.6. The van der Waals surface area contributed by atoms with Crippen LogP contribution in [0.3, 0.4) is 0 Å². The van der Waals surface area contributed by atoms with Crippen LogP contribution >= 0.6 is 34.8 Å². The molecule has 0 aliphatic carbocycles. The largest absolute Gasteiger partial charge is 0.481 e. The Morgan fingerprint density at radius 3 is 2.27 bits per heavy atom. The Kier molecular flexibility index (Phi) is 7.38. The van der Waals surface area contributed by atoms with Crippen molar-refractivity contribution in [2.24, 2.45) is 4.99 Å². The molecule has 0 aliphatic rings. The highest BCUT2D eigenvalue weighted by Gasteiger charge is 2.12. The number of nitrogens with zero attached hydrogens (tertiary/aromatic N) is 1. The second-order valence-electron chi connectivity index (χ2n) is 6.71. The van der Waals surface area contributed by atoms with E-state index in [1.807, 2.05) is 44.2 Å². The number of hydrogen-bond donors (Lipinski definition) is 1. The number of amides is 1. The molecule has 0 unspecified atom stereocenters. The van der Waals surface area contributed by atoms with Gasteiger partial charge in [-0.05, 0) is 61.4 Å². The van der Waals surface area contributed by atoms with Gasteiger partial charge in [-0.1, -0.05) is 58.6 Å². The zero-order chi connectivity index (χ0) is 21.7. The molecule has 3 aromatic carbocycles. The van der Waals surface area contributed by atoms with Crippen LogP contribution in [0.4, 0.5) is 11.4 Å². The van der Waals surface area contributed by atoms with Crippen molar-refractivity contribution >= 4 is 58.3 Å². The van der Waals surface area contributed by atoms with E-state index in [9.17, 15) is 4.79 Å². The normalized spacial score (nSPS) is 11.0. The van der Waals surface area contributed by atoms with Gasteiger partial charge in [0.05, 0.1) is 15.7 Å². The average Bonchev–Trinajstić information content (AvgIpc) is 2.70. The Hall–Kier alpha value is -2.53. The first-order valence-electron chi connectivity index (χ1n) is 9.10. The fraction of sp³-hybridized carbons (Fsp3) is 0.130. The summed E-state index contributed by atoms with van der Waals surface area (Å²) in [6.45, 7) is 3.65. The summed E-state index contributed by atoms with van der Waals surface area (Å²) >= 11 is 18.7. The maximum Gasteiger partial charge on any atom is 0.262 e. The first-order chi connectivity index (χ1) is 14.3. The minimum absolute atomic E-state index is 0.239. The van der Waals surface area contributed by atoms with E-state index in [0.29, 0.717) is 20.8 Å². The summed E-state index contributed by atoms with van der Waals surface area (Å²) in [4.78, 5) is 16.6. The van der Waals surface area contributed by atoms with Gasteiger partial charge in [-0.15, -0.1) is 0 Å². The van der Waals surface area contributed by atoms with Crippen LogP contribution in [0.15, 0.2) is 59.6 Å². The number of ether oxygens (including phenoxy) is 1. The van der Waals surface area contributed by atoms with E-state index in [1.54, 1.807) is 30.5 Å². The smallest absolute Gasteiger partial charge is 0.262 e. The Labute approximate surface area is 190 Å². The molecule has 0 aliphatic heterocycles. The molecule has 0 spiro atoms. The van der Waals surface area contributed by atoms with E-state index >= 15 is 0 Å². The number of aryl methyl sites for hydroxylation is 2. The molecule has 3 aromatic rings. The lowest BCUT2D eigenvalue weighted by Gasteiger charge is -2.11. The molecule has 0 heterocycles.